The second kappa shape index (κ2) is 8.55. The molecule has 0 aliphatic carbocycles. The molecule has 0 fully saturated rings. The van der Waals surface area contributed by atoms with Crippen LogP contribution in [0, 0.1) is 12.7 Å². The molecule has 1 amide bonds. The van der Waals surface area contributed by atoms with Gasteiger partial charge in [-0.25, -0.2) is 8.78 Å². The van der Waals surface area contributed by atoms with Crippen LogP contribution in [0.1, 0.15) is 39.7 Å². The first kappa shape index (κ1) is 20.7. The number of aryl methyl sites for hydroxylation is 1. The van der Waals surface area contributed by atoms with Crippen molar-refractivity contribution in [3.63, 3.8) is 0 Å². The Morgan fingerprint density at radius 2 is 2.17 bits per heavy atom. The van der Waals surface area contributed by atoms with E-state index in [1.807, 2.05) is 6.07 Å². The minimum Gasteiger partial charge on any atom is -0.377 e. The first-order valence-electron chi connectivity index (χ1n) is 9.51. The Hall–Kier alpha value is -3.02. The van der Waals surface area contributed by atoms with Crippen molar-refractivity contribution in [2.75, 3.05) is 13.6 Å². The summed E-state index contributed by atoms with van der Waals surface area (Å²) in [5.74, 6) is -0.516. The molecule has 29 heavy (non-hydrogen) atoms. The molecule has 0 spiro atoms. The number of hydrogen-bond donors (Lipinski definition) is 0. The topological polar surface area (TPSA) is 36.4 Å². The molecule has 1 aromatic carbocycles. The lowest BCUT2D eigenvalue weighted by Crippen LogP contribution is -2.24. The average molecular weight is 397 g/mol. The number of benzene rings is 1. The van der Waals surface area contributed by atoms with Crippen LogP contribution in [0.5, 0.6) is 0 Å². The number of fused-ring (bicyclic) bond motifs is 1. The van der Waals surface area contributed by atoms with Crippen molar-refractivity contribution in [3.8, 4) is 0 Å². The molecule has 0 radical (unpaired) electrons. The number of hydrogen-bond acceptors (Lipinski definition) is 3. The van der Waals surface area contributed by atoms with E-state index >= 15 is 0 Å². The number of alkyl halides is 1. The van der Waals surface area contributed by atoms with Gasteiger partial charge in [-0.3, -0.25) is 9.78 Å². The van der Waals surface area contributed by atoms with E-state index in [1.54, 1.807) is 54.4 Å². The third-order valence-electron chi connectivity index (χ3n) is 4.96. The molecule has 0 N–H and O–H groups in total. The maximum absolute atomic E-state index is 14.8. The van der Waals surface area contributed by atoms with Crippen LogP contribution in [-0.4, -0.2) is 40.5 Å². The highest BCUT2D eigenvalue weighted by molar-refractivity contribution is 5.99. The van der Waals surface area contributed by atoms with Crippen LogP contribution in [0.3, 0.4) is 0 Å². The summed E-state index contributed by atoms with van der Waals surface area (Å²) in [6.45, 7) is 7.94. The Balaban J connectivity index is 1.78. The van der Waals surface area contributed by atoms with Gasteiger partial charge < -0.3 is 9.80 Å². The first-order chi connectivity index (χ1) is 13.8. The minimum absolute atomic E-state index is 0.122. The molecule has 152 valence electrons. The number of rotatable bonds is 7. The molecule has 0 bridgehead atoms. The third kappa shape index (κ3) is 4.53. The van der Waals surface area contributed by atoms with Gasteiger partial charge in [-0.1, -0.05) is 24.8 Å². The quantitative estimate of drug-likeness (QED) is 0.646. The van der Waals surface area contributed by atoms with Gasteiger partial charge in [0.15, 0.2) is 0 Å². The number of nitrogens with zero attached hydrogens (tertiary/aromatic N) is 3. The summed E-state index contributed by atoms with van der Waals surface area (Å²) in [4.78, 5) is 20.2. The maximum atomic E-state index is 14.8. The lowest BCUT2D eigenvalue weighted by Gasteiger charge is -2.18. The van der Waals surface area contributed by atoms with Crippen LogP contribution in [0.15, 0.2) is 49.3 Å². The largest absolute Gasteiger partial charge is 0.377 e. The highest BCUT2D eigenvalue weighted by atomic mass is 19.1. The number of allylic oxidation sites excluding steroid dienone is 2. The maximum Gasteiger partial charge on any atom is 0.256 e. The lowest BCUT2D eigenvalue weighted by atomic mass is 10.0. The van der Waals surface area contributed by atoms with E-state index in [-0.39, 0.29) is 19.0 Å². The van der Waals surface area contributed by atoms with Crippen LogP contribution < -0.4 is 0 Å². The fourth-order valence-corrected chi connectivity index (χ4v) is 3.60. The standard InChI is InChI=1S/C23H25F2N3O/c1-5-17(12-27(4)11-15(2)24)18-6-7-19(21(25)10-18)13-28-14-20-8-9-26-16(3)22(20)23(28)29/h5-10,12,15H,1,11,13-14H2,2-4H3/b17-12+. The molecule has 3 rings (SSSR count). The van der Waals surface area contributed by atoms with E-state index in [2.05, 4.69) is 11.6 Å². The van der Waals surface area contributed by atoms with Crippen molar-refractivity contribution in [1.29, 1.82) is 0 Å². The minimum atomic E-state index is -0.970. The van der Waals surface area contributed by atoms with Crippen molar-refractivity contribution in [1.82, 2.24) is 14.8 Å². The Labute approximate surface area is 170 Å². The highest BCUT2D eigenvalue weighted by Crippen LogP contribution is 2.27. The van der Waals surface area contributed by atoms with Gasteiger partial charge >= 0.3 is 0 Å². The molecular weight excluding hydrogens is 372 g/mol. The summed E-state index contributed by atoms with van der Waals surface area (Å²) in [5, 5.41) is 0. The van der Waals surface area contributed by atoms with Gasteiger partial charge in [0.25, 0.3) is 5.91 Å². The Bertz CT molecular complexity index is 969. The summed E-state index contributed by atoms with van der Waals surface area (Å²) < 4.78 is 28.0. The molecule has 1 aliphatic heterocycles. The van der Waals surface area contributed by atoms with Gasteiger partial charge in [0.2, 0.25) is 0 Å². The molecule has 4 nitrogen and oxygen atoms in total. The molecule has 1 aromatic heterocycles. The lowest BCUT2D eigenvalue weighted by molar-refractivity contribution is 0.0764. The van der Waals surface area contributed by atoms with Crippen molar-refractivity contribution in [2.45, 2.75) is 33.1 Å². The van der Waals surface area contributed by atoms with Crippen LogP contribution in [0.25, 0.3) is 5.57 Å². The summed E-state index contributed by atoms with van der Waals surface area (Å²) in [5.41, 5.74) is 4.02. The summed E-state index contributed by atoms with van der Waals surface area (Å²) in [6, 6.07) is 6.73. The fourth-order valence-electron chi connectivity index (χ4n) is 3.60. The van der Waals surface area contributed by atoms with Gasteiger partial charge in [0.05, 0.1) is 11.3 Å². The average Bonchev–Trinajstić information content (AvgIpc) is 2.97. The van der Waals surface area contributed by atoms with Gasteiger partial charge in [-0.2, -0.15) is 0 Å². The highest BCUT2D eigenvalue weighted by Gasteiger charge is 2.29. The van der Waals surface area contributed by atoms with Crippen LogP contribution in [0.4, 0.5) is 8.78 Å². The van der Waals surface area contributed by atoms with Crippen molar-refractivity contribution in [2.24, 2.45) is 0 Å². The van der Waals surface area contributed by atoms with E-state index in [1.165, 1.54) is 13.0 Å². The van der Waals surface area contributed by atoms with Gasteiger partial charge in [0, 0.05) is 44.6 Å². The smallest absolute Gasteiger partial charge is 0.256 e. The van der Waals surface area contributed by atoms with E-state index in [4.69, 9.17) is 0 Å². The van der Waals surface area contributed by atoms with Crippen LogP contribution in [0.2, 0.25) is 0 Å². The van der Waals surface area contributed by atoms with Crippen LogP contribution in [-0.2, 0) is 13.1 Å². The monoisotopic (exact) mass is 397 g/mol. The SMILES string of the molecule is C=C/C(=C\N(C)CC(C)F)c1ccc(CN2Cc3ccnc(C)c3C2=O)c(F)c1. The number of carbonyl (C=O) groups excluding carboxylic acids is 1. The third-order valence-corrected chi connectivity index (χ3v) is 4.96. The Kier molecular flexibility index (Phi) is 6.11. The number of pyridine rings is 1. The van der Waals surface area contributed by atoms with Crippen molar-refractivity contribution in [3.05, 3.63) is 83.1 Å². The molecule has 1 aliphatic rings. The van der Waals surface area contributed by atoms with Gasteiger partial charge in [-0.15, -0.1) is 0 Å². The Morgan fingerprint density at radius 1 is 1.41 bits per heavy atom. The van der Waals surface area contributed by atoms with E-state index in [0.717, 1.165) is 5.56 Å². The molecule has 0 saturated carbocycles. The van der Waals surface area contributed by atoms with Gasteiger partial charge in [0.1, 0.15) is 12.0 Å². The predicted octanol–water partition coefficient (Wildman–Crippen LogP) is 4.50. The number of halogens is 2. The molecule has 1 unspecified atom stereocenters. The molecule has 2 aromatic rings. The van der Waals surface area contributed by atoms with E-state index < -0.39 is 12.0 Å². The molecule has 0 saturated heterocycles. The molecular formula is C23H25F2N3O. The van der Waals surface area contributed by atoms with E-state index in [0.29, 0.717) is 34.5 Å². The van der Waals surface area contributed by atoms with Crippen molar-refractivity contribution < 1.29 is 13.6 Å². The van der Waals surface area contributed by atoms with Crippen molar-refractivity contribution >= 4 is 11.5 Å². The Morgan fingerprint density at radius 3 is 2.79 bits per heavy atom. The number of amides is 1. The van der Waals surface area contributed by atoms with Gasteiger partial charge in [-0.05, 0) is 42.7 Å². The molecule has 2 heterocycles. The molecule has 6 heteroatoms. The first-order valence-corrected chi connectivity index (χ1v) is 9.51. The zero-order valence-corrected chi connectivity index (χ0v) is 17.0. The van der Waals surface area contributed by atoms with Crippen LogP contribution >= 0.6 is 0 Å². The number of carbonyl (C=O) groups is 1. The predicted molar refractivity (Wildman–Crippen MR) is 110 cm³/mol. The summed E-state index contributed by atoms with van der Waals surface area (Å²) in [7, 11) is 1.76. The fraction of sp³-hybridized carbons (Fsp3) is 0.304. The molecule has 1 atom stereocenters. The number of aromatic nitrogens is 1. The second-order valence-electron chi connectivity index (χ2n) is 7.41. The summed E-state index contributed by atoms with van der Waals surface area (Å²) in [6.07, 6.45) is 4.07. The summed E-state index contributed by atoms with van der Waals surface area (Å²) >= 11 is 0. The normalized spacial score (nSPS) is 14.7. The zero-order valence-electron chi connectivity index (χ0n) is 17.0. The second-order valence-corrected chi connectivity index (χ2v) is 7.41. The van der Waals surface area contributed by atoms with E-state index in [9.17, 15) is 13.6 Å². The zero-order chi connectivity index (χ0) is 21.1.